The summed E-state index contributed by atoms with van der Waals surface area (Å²) in [6.45, 7) is 0. The number of rotatable bonds is 3. The molecule has 0 fully saturated rings. The van der Waals surface area contributed by atoms with Gasteiger partial charge in [0.2, 0.25) is 0 Å². The molecular formula is C9H11ClNO2-. The number of carbonyl (C=O) groups excluding carboxylic acids is 1. The number of nitrogen functional groups attached to an aromatic ring is 1. The van der Waals surface area contributed by atoms with E-state index in [9.17, 15) is 9.90 Å². The number of nitrogens with two attached hydrogens (primary N) is 1. The molecule has 0 amide bonds. The highest BCUT2D eigenvalue weighted by atomic mass is 35.5. The molecule has 0 saturated heterocycles. The van der Waals surface area contributed by atoms with Crippen LogP contribution in [0, 0.1) is 0 Å². The van der Waals surface area contributed by atoms with E-state index < -0.39 is 5.97 Å². The van der Waals surface area contributed by atoms with Gasteiger partial charge in [0.25, 0.3) is 0 Å². The summed E-state index contributed by atoms with van der Waals surface area (Å²) < 4.78 is 0. The number of hydrogen-bond acceptors (Lipinski definition) is 3. The second-order valence-corrected chi connectivity index (χ2v) is 2.61. The van der Waals surface area contributed by atoms with Gasteiger partial charge >= 0.3 is 0 Å². The average Bonchev–Trinajstić information content (AvgIpc) is 2.03. The Morgan fingerprint density at radius 1 is 1.31 bits per heavy atom. The standard InChI is InChI=1S/C9H11NO2.ClH/c10-8-4-1-7(2-5-8)3-6-9(11)12;/h1-2,4-5H,3,6,10H2,(H,11,12);1H/p-1. The molecule has 2 N–H and O–H groups in total. The normalized spacial score (nSPS) is 8.92. The predicted molar refractivity (Wildman–Crippen MR) is 51.4 cm³/mol. The summed E-state index contributed by atoms with van der Waals surface area (Å²) in [6.07, 6.45) is 0.562. The first-order valence-electron chi connectivity index (χ1n) is 3.73. The molecule has 3 nitrogen and oxygen atoms in total. The Balaban J connectivity index is 0.00000144. The van der Waals surface area contributed by atoms with E-state index in [-0.39, 0.29) is 18.8 Å². The molecule has 0 aliphatic rings. The van der Waals surface area contributed by atoms with Gasteiger partial charge in [-0.1, -0.05) is 12.1 Å². The van der Waals surface area contributed by atoms with Gasteiger partial charge in [-0.25, -0.2) is 0 Å². The quantitative estimate of drug-likeness (QED) is 0.718. The molecule has 0 aliphatic heterocycles. The van der Waals surface area contributed by atoms with Crippen molar-refractivity contribution in [2.45, 2.75) is 12.8 Å². The summed E-state index contributed by atoms with van der Waals surface area (Å²) in [5, 5.41) is 10.1. The number of carboxylic acids is 1. The van der Waals surface area contributed by atoms with Crippen molar-refractivity contribution in [3.05, 3.63) is 29.8 Å². The minimum atomic E-state index is -1.02. The van der Waals surface area contributed by atoms with Crippen molar-refractivity contribution in [1.82, 2.24) is 0 Å². The van der Waals surface area contributed by atoms with Gasteiger partial charge in [0.1, 0.15) is 0 Å². The molecule has 1 aromatic carbocycles. The average molecular weight is 201 g/mol. The Morgan fingerprint density at radius 2 is 1.85 bits per heavy atom. The lowest BCUT2D eigenvalue weighted by atomic mass is 10.1. The minimum Gasteiger partial charge on any atom is -0.550 e. The van der Waals surface area contributed by atoms with Crippen LogP contribution < -0.4 is 10.8 Å². The third-order valence-corrected chi connectivity index (χ3v) is 1.60. The first-order chi connectivity index (χ1) is 5.68. The first-order valence-corrected chi connectivity index (χ1v) is 3.73. The lowest BCUT2D eigenvalue weighted by molar-refractivity contribution is -0.305. The van der Waals surface area contributed by atoms with Crippen molar-refractivity contribution < 1.29 is 9.90 Å². The molecule has 0 aromatic heterocycles. The number of carbonyl (C=O) groups is 1. The van der Waals surface area contributed by atoms with E-state index in [0.29, 0.717) is 12.1 Å². The van der Waals surface area contributed by atoms with Gasteiger partial charge in [-0.3, -0.25) is 0 Å². The van der Waals surface area contributed by atoms with Gasteiger partial charge in [-0.2, -0.15) is 0 Å². The molecular weight excluding hydrogens is 190 g/mol. The molecule has 1 rings (SSSR count). The monoisotopic (exact) mass is 200 g/mol. The molecule has 72 valence electrons. The highest BCUT2D eigenvalue weighted by molar-refractivity contribution is 5.85. The number of aryl methyl sites for hydroxylation is 1. The molecule has 0 bridgehead atoms. The van der Waals surface area contributed by atoms with Gasteiger partial charge in [-0.15, -0.1) is 12.4 Å². The number of anilines is 1. The van der Waals surface area contributed by atoms with E-state index in [1.807, 2.05) is 12.1 Å². The van der Waals surface area contributed by atoms with Crippen molar-refractivity contribution in [1.29, 1.82) is 0 Å². The fourth-order valence-electron chi connectivity index (χ4n) is 0.931. The Hall–Kier alpha value is -1.22. The zero-order chi connectivity index (χ0) is 8.97. The van der Waals surface area contributed by atoms with E-state index in [2.05, 4.69) is 0 Å². The van der Waals surface area contributed by atoms with Gasteiger partial charge in [0, 0.05) is 11.7 Å². The van der Waals surface area contributed by atoms with Crippen molar-refractivity contribution >= 4 is 24.1 Å². The molecule has 1 aromatic rings. The lowest BCUT2D eigenvalue weighted by Crippen LogP contribution is -2.22. The maximum absolute atomic E-state index is 10.1. The molecule has 0 aliphatic carbocycles. The fraction of sp³-hybridized carbons (Fsp3) is 0.222. The Bertz CT molecular complexity index is 271. The van der Waals surface area contributed by atoms with Crippen LogP contribution in [-0.4, -0.2) is 5.97 Å². The molecule has 13 heavy (non-hydrogen) atoms. The fourth-order valence-corrected chi connectivity index (χ4v) is 0.931. The van der Waals surface area contributed by atoms with E-state index in [4.69, 9.17) is 5.73 Å². The first kappa shape index (κ1) is 11.8. The maximum Gasteiger partial charge on any atom is 0.0417 e. The molecule has 4 heteroatoms. The number of halogens is 1. The van der Waals surface area contributed by atoms with E-state index in [1.54, 1.807) is 12.1 Å². The Morgan fingerprint density at radius 3 is 2.31 bits per heavy atom. The smallest absolute Gasteiger partial charge is 0.0417 e. The van der Waals surface area contributed by atoms with Crippen molar-refractivity contribution in [2.75, 3.05) is 5.73 Å². The molecule has 0 saturated carbocycles. The summed E-state index contributed by atoms with van der Waals surface area (Å²) in [5.41, 5.74) is 7.11. The third kappa shape index (κ3) is 4.38. The van der Waals surface area contributed by atoms with Crippen LogP contribution in [-0.2, 0) is 11.2 Å². The van der Waals surface area contributed by atoms with Crippen LogP contribution in [0.15, 0.2) is 24.3 Å². The second-order valence-electron chi connectivity index (χ2n) is 2.61. The van der Waals surface area contributed by atoms with Crippen molar-refractivity contribution in [3.63, 3.8) is 0 Å². The van der Waals surface area contributed by atoms with Gasteiger partial charge in [0.15, 0.2) is 0 Å². The lowest BCUT2D eigenvalue weighted by Gasteiger charge is -2.02. The van der Waals surface area contributed by atoms with Crippen LogP contribution in [0.4, 0.5) is 5.69 Å². The minimum absolute atomic E-state index is 0. The zero-order valence-electron chi connectivity index (χ0n) is 7.03. The summed E-state index contributed by atoms with van der Waals surface area (Å²) in [5.74, 6) is -1.02. The predicted octanol–water partition coefficient (Wildman–Crippen LogP) is 0.373. The van der Waals surface area contributed by atoms with Crippen LogP contribution in [0.3, 0.4) is 0 Å². The molecule has 0 heterocycles. The van der Waals surface area contributed by atoms with Gasteiger partial charge in [0.05, 0.1) is 0 Å². The second kappa shape index (κ2) is 5.43. The Kier molecular flexibility index (Phi) is 4.92. The molecule has 0 radical (unpaired) electrons. The summed E-state index contributed by atoms with van der Waals surface area (Å²) >= 11 is 0. The number of aliphatic carboxylic acids is 1. The summed E-state index contributed by atoms with van der Waals surface area (Å²) in [6, 6.07) is 7.14. The summed E-state index contributed by atoms with van der Waals surface area (Å²) in [7, 11) is 0. The largest absolute Gasteiger partial charge is 0.550 e. The van der Waals surface area contributed by atoms with Crippen LogP contribution in [0.5, 0.6) is 0 Å². The third-order valence-electron chi connectivity index (χ3n) is 1.60. The molecule has 0 spiro atoms. The van der Waals surface area contributed by atoms with Crippen LogP contribution in [0.2, 0.25) is 0 Å². The highest BCUT2D eigenvalue weighted by Crippen LogP contribution is 2.06. The number of hydrogen-bond donors (Lipinski definition) is 1. The molecule has 0 unspecified atom stereocenters. The van der Waals surface area contributed by atoms with Crippen LogP contribution in [0.1, 0.15) is 12.0 Å². The SMILES string of the molecule is Cl.Nc1ccc(CCC(=O)[O-])cc1. The van der Waals surface area contributed by atoms with Crippen LogP contribution in [0.25, 0.3) is 0 Å². The number of carboxylic acid groups (broad SMARTS) is 1. The maximum atomic E-state index is 10.1. The van der Waals surface area contributed by atoms with Gasteiger partial charge in [-0.05, 0) is 30.5 Å². The van der Waals surface area contributed by atoms with E-state index >= 15 is 0 Å². The molecule has 0 atom stereocenters. The summed E-state index contributed by atoms with van der Waals surface area (Å²) in [4.78, 5) is 10.1. The van der Waals surface area contributed by atoms with Crippen molar-refractivity contribution in [2.24, 2.45) is 0 Å². The van der Waals surface area contributed by atoms with Crippen LogP contribution >= 0.6 is 12.4 Å². The zero-order valence-corrected chi connectivity index (χ0v) is 7.84. The van der Waals surface area contributed by atoms with Gasteiger partial charge < -0.3 is 15.6 Å². The Labute approximate surface area is 83.0 Å². The number of benzene rings is 1. The van der Waals surface area contributed by atoms with Crippen molar-refractivity contribution in [3.8, 4) is 0 Å². The topological polar surface area (TPSA) is 66.2 Å². The van der Waals surface area contributed by atoms with E-state index in [0.717, 1.165) is 5.56 Å². The van der Waals surface area contributed by atoms with E-state index in [1.165, 1.54) is 0 Å². The highest BCUT2D eigenvalue weighted by Gasteiger charge is 1.92.